The molecule has 0 saturated heterocycles. The molecule has 1 rings (SSSR count). The SMILES string of the molecule is C=C(CC)C(=O)c1ccc(OCC(=O)OC(C)C(=O)OC(C)C(=O)OC(C)C(=O)OC(C)C(=O)OC(C)C(=O)OC(C)C(=O)O)c(Cl)c1Cl. The highest BCUT2D eigenvalue weighted by Gasteiger charge is 2.32. The Bertz CT molecular complexity index is 1470. The molecule has 1 aromatic carbocycles. The number of esters is 6. The van der Waals surface area contributed by atoms with E-state index in [9.17, 15) is 38.4 Å². The summed E-state index contributed by atoms with van der Waals surface area (Å²) in [4.78, 5) is 96.5. The van der Waals surface area contributed by atoms with Crippen LogP contribution in [0.4, 0.5) is 0 Å². The Morgan fingerprint density at radius 1 is 0.633 bits per heavy atom. The third-order valence-corrected chi connectivity index (χ3v) is 7.03. The van der Waals surface area contributed by atoms with Gasteiger partial charge < -0.3 is 38.3 Å². The standard InChI is InChI=1S/C31H36Cl2O16/c1-9-13(2)25(35)20-10-11-21(24(33)23(20)32)43-12-22(34)44-15(4)27(38)46-17(6)29(40)48-19(8)31(42)49-18(7)30(41)47-16(5)28(39)45-14(3)26(36)37/h10-11,14-19H,2,9,12H2,1,3-8H3,(H,36,37). The van der Waals surface area contributed by atoms with Gasteiger partial charge in [-0.1, -0.05) is 36.7 Å². The second kappa shape index (κ2) is 19.3. The highest BCUT2D eigenvalue weighted by atomic mass is 35.5. The molecule has 16 nitrogen and oxygen atoms in total. The Morgan fingerprint density at radius 2 is 1.00 bits per heavy atom. The van der Waals surface area contributed by atoms with Crippen molar-refractivity contribution in [2.45, 2.75) is 91.5 Å². The average Bonchev–Trinajstić information content (AvgIpc) is 3.03. The van der Waals surface area contributed by atoms with Gasteiger partial charge in [0.2, 0.25) is 0 Å². The molecule has 0 spiro atoms. The first kappa shape index (κ1) is 42.3. The van der Waals surface area contributed by atoms with E-state index in [2.05, 4.69) is 11.3 Å². The number of aliphatic carboxylic acids is 1. The van der Waals surface area contributed by atoms with E-state index in [0.29, 0.717) is 12.0 Å². The minimum atomic E-state index is -1.60. The van der Waals surface area contributed by atoms with Crippen LogP contribution < -0.4 is 4.74 Å². The van der Waals surface area contributed by atoms with Crippen molar-refractivity contribution in [1.29, 1.82) is 0 Å². The number of Topliss-reactive ketones (excluding diaryl/α,β-unsaturated/α-hetero) is 1. The fourth-order valence-electron chi connectivity index (χ4n) is 3.18. The summed E-state index contributed by atoms with van der Waals surface area (Å²) in [5, 5.41) is 8.54. The molecule has 6 unspecified atom stereocenters. The lowest BCUT2D eigenvalue weighted by atomic mass is 10.0. The zero-order valence-corrected chi connectivity index (χ0v) is 29.1. The van der Waals surface area contributed by atoms with Crippen LogP contribution in [0.25, 0.3) is 0 Å². The average molecular weight is 736 g/mol. The van der Waals surface area contributed by atoms with Crippen molar-refractivity contribution in [1.82, 2.24) is 0 Å². The van der Waals surface area contributed by atoms with Gasteiger partial charge in [0.05, 0.1) is 5.02 Å². The van der Waals surface area contributed by atoms with Crippen LogP contribution >= 0.6 is 23.2 Å². The van der Waals surface area contributed by atoms with E-state index in [1.807, 2.05) is 0 Å². The largest absolute Gasteiger partial charge is 0.480 e. The van der Waals surface area contributed by atoms with Crippen molar-refractivity contribution in [3.05, 3.63) is 39.9 Å². The van der Waals surface area contributed by atoms with E-state index in [1.54, 1.807) is 6.92 Å². The van der Waals surface area contributed by atoms with Gasteiger partial charge >= 0.3 is 41.8 Å². The summed E-state index contributed by atoms with van der Waals surface area (Å²) in [6, 6.07) is 2.67. The quantitative estimate of drug-likeness (QED) is 0.0990. The van der Waals surface area contributed by atoms with Crippen LogP contribution in [0.15, 0.2) is 24.3 Å². The normalized spacial score (nSPS) is 14.3. The van der Waals surface area contributed by atoms with Crippen LogP contribution in [-0.2, 0) is 62.0 Å². The number of halogens is 2. The highest BCUT2D eigenvalue weighted by Crippen LogP contribution is 2.35. The van der Waals surface area contributed by atoms with Crippen molar-refractivity contribution < 1.29 is 76.6 Å². The summed E-state index contributed by atoms with van der Waals surface area (Å²) in [7, 11) is 0. The van der Waals surface area contributed by atoms with E-state index in [0.717, 1.165) is 41.5 Å². The Morgan fingerprint density at radius 3 is 1.37 bits per heavy atom. The number of allylic oxidation sites excluding steroid dienone is 1. The van der Waals surface area contributed by atoms with Gasteiger partial charge in [-0.3, -0.25) is 4.79 Å². The molecule has 0 heterocycles. The lowest BCUT2D eigenvalue weighted by molar-refractivity contribution is -0.187. The fourth-order valence-corrected chi connectivity index (χ4v) is 3.64. The number of ketones is 1. The smallest absolute Gasteiger partial charge is 0.347 e. The van der Waals surface area contributed by atoms with Crippen molar-refractivity contribution in [3.63, 3.8) is 0 Å². The van der Waals surface area contributed by atoms with Crippen LogP contribution in [0.1, 0.15) is 65.2 Å². The molecule has 1 aromatic rings. The van der Waals surface area contributed by atoms with Crippen LogP contribution in [-0.4, -0.2) is 95.9 Å². The monoisotopic (exact) mass is 734 g/mol. The summed E-state index contributed by atoms with van der Waals surface area (Å²) in [5.74, 6) is -8.82. The second-order valence-electron chi connectivity index (χ2n) is 10.2. The molecule has 0 aliphatic carbocycles. The van der Waals surface area contributed by atoms with Gasteiger partial charge in [0.1, 0.15) is 10.8 Å². The van der Waals surface area contributed by atoms with Crippen molar-refractivity contribution >= 4 is 70.8 Å². The van der Waals surface area contributed by atoms with Crippen LogP contribution in [0, 0.1) is 0 Å². The van der Waals surface area contributed by atoms with Crippen LogP contribution in [0.3, 0.4) is 0 Å². The molecule has 1 N–H and O–H groups in total. The number of carboxylic acid groups (broad SMARTS) is 1. The number of hydrogen-bond donors (Lipinski definition) is 1. The van der Waals surface area contributed by atoms with Crippen LogP contribution in [0.5, 0.6) is 5.75 Å². The number of ether oxygens (including phenoxy) is 7. The lowest BCUT2D eigenvalue weighted by Gasteiger charge is -2.20. The van der Waals surface area contributed by atoms with E-state index < -0.39 is 90.8 Å². The molecule has 0 radical (unpaired) electrons. The Hall–Kier alpha value is -4.70. The van der Waals surface area contributed by atoms with Gasteiger partial charge in [0, 0.05) is 5.56 Å². The van der Waals surface area contributed by atoms with E-state index in [-0.39, 0.29) is 21.4 Å². The van der Waals surface area contributed by atoms with Gasteiger partial charge in [0.25, 0.3) is 0 Å². The van der Waals surface area contributed by atoms with E-state index in [4.69, 9.17) is 56.7 Å². The first-order valence-corrected chi connectivity index (χ1v) is 15.2. The van der Waals surface area contributed by atoms with Crippen molar-refractivity contribution in [2.75, 3.05) is 6.61 Å². The molecule has 0 saturated carbocycles. The maximum atomic E-state index is 12.4. The molecule has 18 heteroatoms. The third-order valence-electron chi connectivity index (χ3n) is 6.17. The van der Waals surface area contributed by atoms with Gasteiger partial charge in [-0.25, -0.2) is 33.6 Å². The topological polar surface area (TPSA) is 221 Å². The number of benzene rings is 1. The lowest BCUT2D eigenvalue weighted by Crippen LogP contribution is -2.39. The molecule has 0 amide bonds. The minimum Gasteiger partial charge on any atom is -0.480 e. The summed E-state index contributed by atoms with van der Waals surface area (Å²) in [5.41, 5.74) is 0.409. The molecule has 0 aliphatic heterocycles. The maximum absolute atomic E-state index is 12.4. The molecule has 0 bridgehead atoms. The predicted octanol–water partition coefficient (Wildman–Crippen LogP) is 3.20. The van der Waals surface area contributed by atoms with E-state index >= 15 is 0 Å². The van der Waals surface area contributed by atoms with E-state index in [1.165, 1.54) is 12.1 Å². The highest BCUT2D eigenvalue weighted by molar-refractivity contribution is 6.45. The van der Waals surface area contributed by atoms with Gasteiger partial charge in [-0.2, -0.15) is 0 Å². The molecule has 270 valence electrons. The fraction of sp³-hybridized carbons (Fsp3) is 0.484. The summed E-state index contributed by atoms with van der Waals surface area (Å²) in [6.45, 7) is 11.3. The summed E-state index contributed by atoms with van der Waals surface area (Å²) in [6.07, 6.45) is -8.93. The molecular formula is C31H36Cl2O16. The molecule has 0 aromatic heterocycles. The van der Waals surface area contributed by atoms with Gasteiger partial charge in [-0.15, -0.1) is 0 Å². The minimum absolute atomic E-state index is 0.0466. The second-order valence-corrected chi connectivity index (χ2v) is 10.9. The molecule has 49 heavy (non-hydrogen) atoms. The van der Waals surface area contributed by atoms with Crippen molar-refractivity contribution in [2.24, 2.45) is 0 Å². The first-order chi connectivity index (χ1) is 22.7. The van der Waals surface area contributed by atoms with Gasteiger partial charge in [0.15, 0.2) is 49.0 Å². The Balaban J connectivity index is 2.59. The maximum Gasteiger partial charge on any atom is 0.347 e. The summed E-state index contributed by atoms with van der Waals surface area (Å²) >= 11 is 12.3. The zero-order chi connectivity index (χ0) is 37.7. The third kappa shape index (κ3) is 13.0. The number of carboxylic acids is 1. The molecule has 0 fully saturated rings. The number of rotatable bonds is 18. The first-order valence-electron chi connectivity index (χ1n) is 14.5. The van der Waals surface area contributed by atoms with Crippen LogP contribution in [0.2, 0.25) is 10.0 Å². The summed E-state index contributed by atoms with van der Waals surface area (Å²) < 4.78 is 34.3. The Kier molecular flexibility index (Phi) is 16.7. The Labute approximate surface area is 290 Å². The van der Waals surface area contributed by atoms with Gasteiger partial charge in [-0.05, 0) is 65.7 Å². The molecule has 6 atom stereocenters. The number of carbonyl (C=O) groups is 8. The predicted molar refractivity (Wildman–Crippen MR) is 167 cm³/mol. The number of carbonyl (C=O) groups excluding carboxylic acids is 7. The molecule has 0 aliphatic rings. The number of hydrogen-bond acceptors (Lipinski definition) is 15. The van der Waals surface area contributed by atoms with Crippen molar-refractivity contribution in [3.8, 4) is 5.75 Å². The molecular weight excluding hydrogens is 699 g/mol. The zero-order valence-electron chi connectivity index (χ0n) is 27.6.